The summed E-state index contributed by atoms with van der Waals surface area (Å²) in [6.45, 7) is 3.01. The summed E-state index contributed by atoms with van der Waals surface area (Å²) in [5.74, 6) is 1.88. The molecule has 216 valence electrons. The summed E-state index contributed by atoms with van der Waals surface area (Å²) in [4.78, 5) is 14.5. The standard InChI is InChI=1S/C34H39Cl2N3O2/c1-41-34(40)27-4-2-3-22(19-27)21-39-17-15-25(16-18-39)33-30-20-26(9-14-31(30)37-38-33)32(23-5-10-28(35)11-6-23)24-7-12-29(36)13-8-24/h2-8,10-13,19,25-26,30-33,37-38H,9,14-18,20-21H2,1H3. The summed E-state index contributed by atoms with van der Waals surface area (Å²) < 4.78 is 4.90. The van der Waals surface area contributed by atoms with Crippen LogP contribution in [0.1, 0.15) is 65.1 Å². The van der Waals surface area contributed by atoms with E-state index in [9.17, 15) is 4.79 Å². The van der Waals surface area contributed by atoms with Crippen LogP contribution in [-0.4, -0.2) is 43.2 Å². The van der Waals surface area contributed by atoms with Gasteiger partial charge in [-0.3, -0.25) is 15.8 Å². The number of rotatable bonds is 7. The molecule has 0 aromatic heterocycles. The Balaban J connectivity index is 1.12. The number of hydrazine groups is 1. The van der Waals surface area contributed by atoms with Crippen molar-refractivity contribution in [3.05, 3.63) is 105 Å². The molecule has 0 radical (unpaired) electrons. The second-order valence-electron chi connectivity index (χ2n) is 12.0. The number of hydrogen-bond acceptors (Lipinski definition) is 5. The first-order valence-corrected chi connectivity index (χ1v) is 15.7. The third kappa shape index (κ3) is 6.50. The number of nitrogens with zero attached hydrogens (tertiary/aromatic N) is 1. The average Bonchev–Trinajstić information content (AvgIpc) is 3.43. The minimum Gasteiger partial charge on any atom is -0.465 e. The Kier molecular flexibility index (Phi) is 8.99. The smallest absolute Gasteiger partial charge is 0.337 e. The van der Waals surface area contributed by atoms with Crippen molar-refractivity contribution in [3.8, 4) is 0 Å². The molecular formula is C34H39Cl2N3O2. The highest BCUT2D eigenvalue weighted by Gasteiger charge is 2.45. The second-order valence-corrected chi connectivity index (χ2v) is 12.9. The lowest BCUT2D eigenvalue weighted by molar-refractivity contribution is 0.0600. The third-order valence-electron chi connectivity index (χ3n) is 9.66. The Morgan fingerprint density at radius 2 is 1.56 bits per heavy atom. The molecule has 2 saturated heterocycles. The third-order valence-corrected chi connectivity index (χ3v) is 10.2. The van der Waals surface area contributed by atoms with Gasteiger partial charge < -0.3 is 4.74 Å². The van der Waals surface area contributed by atoms with Crippen molar-refractivity contribution in [2.24, 2.45) is 17.8 Å². The van der Waals surface area contributed by atoms with E-state index in [-0.39, 0.29) is 5.97 Å². The van der Waals surface area contributed by atoms with E-state index in [4.69, 9.17) is 27.9 Å². The number of fused-ring (bicyclic) bond motifs is 1. The lowest BCUT2D eigenvalue weighted by atomic mass is 9.66. The first kappa shape index (κ1) is 28.7. The van der Waals surface area contributed by atoms with Gasteiger partial charge in [-0.05, 0) is 116 Å². The molecule has 4 atom stereocenters. The van der Waals surface area contributed by atoms with Crippen LogP contribution in [0.5, 0.6) is 0 Å². The number of nitrogens with one attached hydrogen (secondary N) is 2. The molecule has 3 aromatic carbocycles. The fourth-order valence-electron chi connectivity index (χ4n) is 7.62. The van der Waals surface area contributed by atoms with Gasteiger partial charge in [0.05, 0.1) is 12.7 Å². The maximum atomic E-state index is 12.0. The molecular weight excluding hydrogens is 553 g/mol. The summed E-state index contributed by atoms with van der Waals surface area (Å²) in [6.07, 6.45) is 5.95. The summed E-state index contributed by atoms with van der Waals surface area (Å²) in [7, 11) is 1.43. The molecule has 1 saturated carbocycles. The normalized spacial score (nSPS) is 25.3. The molecule has 3 aliphatic rings. The van der Waals surface area contributed by atoms with Crippen LogP contribution in [0.3, 0.4) is 0 Å². The van der Waals surface area contributed by atoms with Crippen molar-refractivity contribution in [1.82, 2.24) is 15.8 Å². The lowest BCUT2D eigenvalue weighted by Gasteiger charge is -2.41. The molecule has 3 fully saturated rings. The van der Waals surface area contributed by atoms with E-state index >= 15 is 0 Å². The summed E-state index contributed by atoms with van der Waals surface area (Å²) in [6, 6.07) is 25.7. The number of carbonyl (C=O) groups is 1. The molecule has 2 heterocycles. The van der Waals surface area contributed by atoms with Gasteiger partial charge in [-0.2, -0.15) is 0 Å². The van der Waals surface area contributed by atoms with Gasteiger partial charge in [-0.25, -0.2) is 4.79 Å². The Bertz CT molecular complexity index is 1280. The summed E-state index contributed by atoms with van der Waals surface area (Å²) in [5.41, 5.74) is 11.9. The number of esters is 1. The largest absolute Gasteiger partial charge is 0.465 e. The predicted molar refractivity (Wildman–Crippen MR) is 165 cm³/mol. The van der Waals surface area contributed by atoms with Crippen LogP contribution >= 0.6 is 23.2 Å². The van der Waals surface area contributed by atoms with Gasteiger partial charge in [0.2, 0.25) is 0 Å². The predicted octanol–water partition coefficient (Wildman–Crippen LogP) is 7.09. The zero-order valence-corrected chi connectivity index (χ0v) is 25.1. The van der Waals surface area contributed by atoms with Gasteiger partial charge >= 0.3 is 5.97 Å². The first-order valence-electron chi connectivity index (χ1n) is 14.9. The first-order chi connectivity index (χ1) is 20.0. The van der Waals surface area contributed by atoms with E-state index in [1.807, 2.05) is 42.5 Å². The van der Waals surface area contributed by atoms with Crippen LogP contribution in [0.2, 0.25) is 10.0 Å². The lowest BCUT2D eigenvalue weighted by Crippen LogP contribution is -2.45. The average molecular weight is 593 g/mol. The van der Waals surface area contributed by atoms with Crippen LogP contribution in [0.15, 0.2) is 72.8 Å². The maximum absolute atomic E-state index is 12.0. The van der Waals surface area contributed by atoms with Crippen molar-refractivity contribution >= 4 is 29.2 Å². The zero-order chi connectivity index (χ0) is 28.3. The van der Waals surface area contributed by atoms with Crippen LogP contribution < -0.4 is 10.9 Å². The van der Waals surface area contributed by atoms with Crippen LogP contribution in [0, 0.1) is 17.8 Å². The topological polar surface area (TPSA) is 53.6 Å². The summed E-state index contributed by atoms with van der Waals surface area (Å²) in [5, 5.41) is 1.55. The molecule has 41 heavy (non-hydrogen) atoms. The number of ether oxygens (including phenoxy) is 1. The Morgan fingerprint density at radius 1 is 0.902 bits per heavy atom. The Morgan fingerprint density at radius 3 is 2.20 bits per heavy atom. The van der Waals surface area contributed by atoms with E-state index in [0.29, 0.717) is 41.3 Å². The van der Waals surface area contributed by atoms with Crippen LogP contribution in [0.25, 0.3) is 0 Å². The summed E-state index contributed by atoms with van der Waals surface area (Å²) >= 11 is 12.5. The number of methoxy groups -OCH3 is 1. The molecule has 1 aliphatic carbocycles. The monoisotopic (exact) mass is 591 g/mol. The molecule has 2 aliphatic heterocycles. The number of benzene rings is 3. The van der Waals surface area contributed by atoms with E-state index in [0.717, 1.165) is 35.2 Å². The van der Waals surface area contributed by atoms with E-state index in [2.05, 4.69) is 46.1 Å². The highest BCUT2D eigenvalue weighted by Crippen LogP contribution is 2.46. The molecule has 5 nitrogen and oxygen atoms in total. The number of hydrogen-bond donors (Lipinski definition) is 2. The molecule has 3 aromatic rings. The van der Waals surface area contributed by atoms with Crippen molar-refractivity contribution in [2.75, 3.05) is 20.2 Å². The number of carbonyl (C=O) groups excluding carboxylic acids is 1. The van der Waals surface area contributed by atoms with Crippen molar-refractivity contribution < 1.29 is 9.53 Å². The number of halogens is 2. The number of piperidine rings is 1. The van der Waals surface area contributed by atoms with Gasteiger partial charge in [-0.15, -0.1) is 0 Å². The van der Waals surface area contributed by atoms with Crippen molar-refractivity contribution in [3.63, 3.8) is 0 Å². The van der Waals surface area contributed by atoms with Crippen molar-refractivity contribution in [2.45, 2.75) is 56.7 Å². The minimum atomic E-state index is -0.278. The van der Waals surface area contributed by atoms with Crippen LogP contribution in [0.4, 0.5) is 0 Å². The fraction of sp³-hybridized carbons (Fsp3) is 0.441. The molecule has 7 heteroatoms. The maximum Gasteiger partial charge on any atom is 0.337 e. The molecule has 4 unspecified atom stereocenters. The molecule has 0 amide bonds. The highest BCUT2D eigenvalue weighted by molar-refractivity contribution is 6.30. The quantitative estimate of drug-likeness (QED) is 0.287. The molecule has 0 bridgehead atoms. The van der Waals surface area contributed by atoms with Gasteiger partial charge in [-0.1, -0.05) is 59.6 Å². The Hall–Kier alpha value is -2.41. The highest BCUT2D eigenvalue weighted by atomic mass is 35.5. The van der Waals surface area contributed by atoms with Gasteiger partial charge in [0.1, 0.15) is 0 Å². The van der Waals surface area contributed by atoms with Gasteiger partial charge in [0.25, 0.3) is 0 Å². The molecule has 2 N–H and O–H groups in total. The Labute approximate surface area is 253 Å². The molecule has 0 spiro atoms. The molecule has 6 rings (SSSR count). The van der Waals surface area contributed by atoms with Crippen molar-refractivity contribution in [1.29, 1.82) is 0 Å². The van der Waals surface area contributed by atoms with E-state index in [1.54, 1.807) is 0 Å². The van der Waals surface area contributed by atoms with Crippen LogP contribution in [-0.2, 0) is 11.3 Å². The minimum absolute atomic E-state index is 0.278. The van der Waals surface area contributed by atoms with Gasteiger partial charge in [0, 0.05) is 34.6 Å². The van der Waals surface area contributed by atoms with Gasteiger partial charge in [0.15, 0.2) is 0 Å². The zero-order valence-electron chi connectivity index (χ0n) is 23.6. The van der Waals surface area contributed by atoms with E-state index < -0.39 is 0 Å². The fourth-order valence-corrected chi connectivity index (χ4v) is 7.87. The number of likely N-dealkylation sites (tertiary alicyclic amines) is 1. The second kappa shape index (κ2) is 12.8. The SMILES string of the molecule is COC(=O)c1cccc(CN2CCC(C3NNC4CCC(C(c5ccc(Cl)cc5)c5ccc(Cl)cc5)CC43)CC2)c1. The van der Waals surface area contributed by atoms with E-state index in [1.165, 1.54) is 50.3 Å².